The van der Waals surface area contributed by atoms with Gasteiger partial charge in [-0.25, -0.2) is 9.59 Å². The number of hydrogen-bond donors (Lipinski definition) is 0. The van der Waals surface area contributed by atoms with E-state index < -0.39 is 35.0 Å². The molecule has 3 amide bonds. The number of fused-ring (bicyclic) bond motifs is 2. The molecule has 2 heterocycles. The van der Waals surface area contributed by atoms with Gasteiger partial charge in [0, 0.05) is 6.54 Å². The number of rotatable bonds is 2. The average molecular weight is 386 g/mol. The number of likely N-dealkylation sites (tertiary alicyclic amines) is 1. The lowest BCUT2D eigenvalue weighted by Gasteiger charge is -2.36. The summed E-state index contributed by atoms with van der Waals surface area (Å²) < 4.78 is 5.44. The first-order valence-electron chi connectivity index (χ1n) is 9.36. The molecular weight excluding hydrogens is 364 g/mol. The number of carbonyl (C=O) groups is 4. The molecule has 0 bridgehead atoms. The fourth-order valence-corrected chi connectivity index (χ4v) is 4.03. The molecule has 148 valence electrons. The van der Waals surface area contributed by atoms with Crippen LogP contribution < -0.4 is 0 Å². The summed E-state index contributed by atoms with van der Waals surface area (Å²) in [7, 11) is 0. The lowest BCUT2D eigenvalue weighted by Crippen LogP contribution is -2.54. The second-order valence-corrected chi connectivity index (χ2v) is 8.43. The highest BCUT2D eigenvalue weighted by Crippen LogP contribution is 2.55. The summed E-state index contributed by atoms with van der Waals surface area (Å²) >= 11 is 0. The predicted octanol–water partition coefficient (Wildman–Crippen LogP) is 2.53. The van der Waals surface area contributed by atoms with Crippen LogP contribution in [0.3, 0.4) is 0 Å². The van der Waals surface area contributed by atoms with Crippen LogP contribution >= 0.6 is 0 Å². The molecule has 1 saturated carbocycles. The van der Waals surface area contributed by atoms with Crippen molar-refractivity contribution in [3.63, 3.8) is 0 Å². The van der Waals surface area contributed by atoms with Gasteiger partial charge in [0.15, 0.2) is 0 Å². The van der Waals surface area contributed by atoms with Crippen LogP contribution in [0.5, 0.6) is 0 Å². The van der Waals surface area contributed by atoms with E-state index in [1.807, 2.05) is 0 Å². The molecule has 1 aromatic carbocycles. The zero-order chi connectivity index (χ0) is 20.3. The summed E-state index contributed by atoms with van der Waals surface area (Å²) in [6.07, 6.45) is 1.38. The van der Waals surface area contributed by atoms with Crippen LogP contribution in [0.1, 0.15) is 60.7 Å². The molecule has 0 N–H and O–H groups in total. The Morgan fingerprint density at radius 3 is 2.29 bits per heavy atom. The van der Waals surface area contributed by atoms with Gasteiger partial charge in [0.25, 0.3) is 11.8 Å². The molecular formula is C20H22N2O6. The van der Waals surface area contributed by atoms with Crippen molar-refractivity contribution in [2.24, 2.45) is 5.92 Å². The molecule has 2 fully saturated rings. The molecule has 8 nitrogen and oxygen atoms in total. The second-order valence-electron chi connectivity index (χ2n) is 8.43. The minimum Gasteiger partial charge on any atom is -0.444 e. The number of benzene rings is 1. The number of imide groups is 1. The third-order valence-corrected chi connectivity index (χ3v) is 5.39. The number of hydrogen-bond acceptors (Lipinski definition) is 6. The van der Waals surface area contributed by atoms with Crippen molar-refractivity contribution in [1.82, 2.24) is 9.96 Å². The van der Waals surface area contributed by atoms with E-state index in [0.717, 1.165) is 12.8 Å². The van der Waals surface area contributed by atoms with Crippen molar-refractivity contribution in [1.29, 1.82) is 0 Å². The number of amides is 3. The van der Waals surface area contributed by atoms with Crippen molar-refractivity contribution in [2.75, 3.05) is 6.54 Å². The number of piperidine rings is 1. The Hall–Kier alpha value is -2.90. The Morgan fingerprint density at radius 1 is 1.11 bits per heavy atom. The minimum absolute atomic E-state index is 0.0588. The van der Waals surface area contributed by atoms with Gasteiger partial charge < -0.3 is 9.57 Å². The quantitative estimate of drug-likeness (QED) is 0.725. The second kappa shape index (κ2) is 6.05. The first-order chi connectivity index (χ1) is 13.1. The van der Waals surface area contributed by atoms with Crippen molar-refractivity contribution in [2.45, 2.75) is 51.2 Å². The lowest BCUT2D eigenvalue weighted by atomic mass is 10.0. The van der Waals surface area contributed by atoms with Crippen LogP contribution in [-0.4, -0.2) is 51.5 Å². The van der Waals surface area contributed by atoms with Crippen LogP contribution in [0.2, 0.25) is 0 Å². The molecule has 4 rings (SSSR count). The van der Waals surface area contributed by atoms with Gasteiger partial charge in [0.2, 0.25) is 0 Å². The number of hydroxylamine groups is 2. The number of ether oxygens (including phenoxy) is 1. The van der Waals surface area contributed by atoms with Gasteiger partial charge >= 0.3 is 12.1 Å². The van der Waals surface area contributed by atoms with Gasteiger partial charge in [0.05, 0.1) is 11.1 Å². The van der Waals surface area contributed by atoms with Crippen molar-refractivity contribution < 1.29 is 28.8 Å². The minimum atomic E-state index is -1.17. The molecule has 2 aliphatic heterocycles. The summed E-state index contributed by atoms with van der Waals surface area (Å²) in [5.74, 6) is -2.18. The lowest BCUT2D eigenvalue weighted by molar-refractivity contribution is -0.178. The molecule has 1 saturated heterocycles. The highest BCUT2D eigenvalue weighted by molar-refractivity contribution is 6.21. The van der Waals surface area contributed by atoms with Crippen LogP contribution in [0.25, 0.3) is 0 Å². The first-order valence-corrected chi connectivity index (χ1v) is 9.36. The highest BCUT2D eigenvalue weighted by Gasteiger charge is 2.69. The molecule has 28 heavy (non-hydrogen) atoms. The predicted molar refractivity (Wildman–Crippen MR) is 96.0 cm³/mol. The van der Waals surface area contributed by atoms with Crippen LogP contribution in [0, 0.1) is 5.92 Å². The fourth-order valence-electron chi connectivity index (χ4n) is 4.03. The monoisotopic (exact) mass is 386 g/mol. The normalized spacial score (nSPS) is 25.9. The molecule has 0 radical (unpaired) electrons. The summed E-state index contributed by atoms with van der Waals surface area (Å²) in [4.78, 5) is 57.3. The standard InChI is InChI=1S/C20H22N2O6/c1-19(2,3)27-18(26)21-10-6-7-12-11-20(12,21)17(25)28-22-15(23)13-8-4-5-9-14(13)16(22)24/h4-5,8-9,12H,6-7,10-11H2,1-3H3/t12-,20+/m0/s1. The van der Waals surface area contributed by atoms with E-state index in [9.17, 15) is 19.2 Å². The summed E-state index contributed by atoms with van der Waals surface area (Å²) in [6, 6.07) is 6.29. The maximum atomic E-state index is 13.0. The van der Waals surface area contributed by atoms with Crippen LogP contribution in [0.4, 0.5) is 4.79 Å². The van der Waals surface area contributed by atoms with Gasteiger partial charge in [-0.3, -0.25) is 14.5 Å². The van der Waals surface area contributed by atoms with E-state index >= 15 is 0 Å². The SMILES string of the molecule is CC(C)(C)OC(=O)N1CCC[C@H]2C[C@]21C(=O)ON1C(=O)c2ccccc2C1=O. The van der Waals surface area contributed by atoms with E-state index in [4.69, 9.17) is 9.57 Å². The van der Waals surface area contributed by atoms with Crippen molar-refractivity contribution in [3.8, 4) is 0 Å². The maximum Gasteiger partial charge on any atom is 0.411 e. The van der Waals surface area contributed by atoms with Gasteiger partial charge in [0.1, 0.15) is 11.1 Å². The molecule has 1 aromatic rings. The molecule has 0 unspecified atom stereocenters. The van der Waals surface area contributed by atoms with Gasteiger partial charge in [-0.1, -0.05) is 17.2 Å². The third-order valence-electron chi connectivity index (χ3n) is 5.39. The largest absolute Gasteiger partial charge is 0.444 e. The summed E-state index contributed by atoms with van der Waals surface area (Å²) in [5.41, 5.74) is -1.49. The topological polar surface area (TPSA) is 93.2 Å². The van der Waals surface area contributed by atoms with E-state index in [0.29, 0.717) is 18.0 Å². The molecule has 3 aliphatic rings. The zero-order valence-electron chi connectivity index (χ0n) is 16.1. The molecule has 8 heteroatoms. The highest BCUT2D eigenvalue weighted by atomic mass is 16.7. The van der Waals surface area contributed by atoms with E-state index in [1.54, 1.807) is 32.9 Å². The van der Waals surface area contributed by atoms with Gasteiger partial charge in [-0.2, -0.15) is 0 Å². The number of nitrogens with zero attached hydrogens (tertiary/aromatic N) is 2. The Bertz CT molecular complexity index is 854. The number of carbonyl (C=O) groups excluding carboxylic acids is 4. The molecule has 1 aliphatic carbocycles. The molecule has 0 spiro atoms. The third kappa shape index (κ3) is 2.75. The van der Waals surface area contributed by atoms with Crippen molar-refractivity contribution in [3.05, 3.63) is 35.4 Å². The maximum absolute atomic E-state index is 13.0. The van der Waals surface area contributed by atoms with Crippen LogP contribution in [-0.2, 0) is 14.4 Å². The Kier molecular flexibility index (Phi) is 3.99. The van der Waals surface area contributed by atoms with Gasteiger partial charge in [-0.05, 0) is 58.1 Å². The fraction of sp³-hybridized carbons (Fsp3) is 0.500. The molecule has 2 atom stereocenters. The first kappa shape index (κ1) is 18.5. The van der Waals surface area contributed by atoms with E-state index in [-0.39, 0.29) is 17.0 Å². The zero-order valence-corrected chi connectivity index (χ0v) is 16.1. The van der Waals surface area contributed by atoms with Crippen LogP contribution in [0.15, 0.2) is 24.3 Å². The average Bonchev–Trinajstić information content (AvgIpc) is 3.34. The van der Waals surface area contributed by atoms with Crippen molar-refractivity contribution >= 4 is 23.9 Å². The Labute approximate surface area is 162 Å². The summed E-state index contributed by atoms with van der Waals surface area (Å²) in [5, 5.41) is 0.499. The van der Waals surface area contributed by atoms with E-state index in [2.05, 4.69) is 0 Å². The molecule has 0 aromatic heterocycles. The Balaban J connectivity index is 1.55. The van der Waals surface area contributed by atoms with Gasteiger partial charge in [-0.15, -0.1) is 0 Å². The smallest absolute Gasteiger partial charge is 0.411 e. The summed E-state index contributed by atoms with van der Waals surface area (Å²) in [6.45, 7) is 5.62. The Morgan fingerprint density at radius 2 is 1.71 bits per heavy atom. The van der Waals surface area contributed by atoms with E-state index in [1.165, 1.54) is 17.0 Å².